The normalized spacial score (nSPS) is 26.9. The second-order valence-corrected chi connectivity index (χ2v) is 8.73. The summed E-state index contributed by atoms with van der Waals surface area (Å²) in [5.41, 5.74) is 0.819. The molecule has 2 heterocycles. The lowest BCUT2D eigenvalue weighted by molar-refractivity contribution is -0.134. The lowest BCUT2D eigenvalue weighted by Gasteiger charge is -2.36. The molecular formula is C19H27N3O2S. The van der Waals surface area contributed by atoms with E-state index in [1.807, 2.05) is 5.38 Å². The Labute approximate surface area is 153 Å². The number of hydrogen-bond donors (Lipinski definition) is 0. The minimum atomic E-state index is 0.156. The number of nitrogens with zero attached hydrogens (tertiary/aromatic N) is 3. The molecule has 1 aromatic heterocycles. The molecular weight excluding hydrogens is 334 g/mol. The molecule has 0 bridgehead atoms. The third kappa shape index (κ3) is 3.73. The summed E-state index contributed by atoms with van der Waals surface area (Å²) in [5.74, 6) is 1.18. The van der Waals surface area contributed by atoms with Gasteiger partial charge in [-0.05, 0) is 50.9 Å². The zero-order valence-electron chi connectivity index (χ0n) is 14.9. The number of anilines is 1. The van der Waals surface area contributed by atoms with Crippen LogP contribution in [0.1, 0.15) is 64.0 Å². The van der Waals surface area contributed by atoms with E-state index >= 15 is 0 Å². The van der Waals surface area contributed by atoms with E-state index in [2.05, 4.69) is 16.8 Å². The molecule has 0 aromatic carbocycles. The molecule has 0 unspecified atom stereocenters. The smallest absolute Gasteiger partial charge is 0.229 e. The van der Waals surface area contributed by atoms with Crippen molar-refractivity contribution in [3.05, 3.63) is 11.1 Å². The van der Waals surface area contributed by atoms with Gasteiger partial charge in [0, 0.05) is 30.4 Å². The molecule has 0 atom stereocenters. The van der Waals surface area contributed by atoms with Crippen molar-refractivity contribution in [1.29, 1.82) is 0 Å². The van der Waals surface area contributed by atoms with Gasteiger partial charge in [-0.1, -0.05) is 6.92 Å². The van der Waals surface area contributed by atoms with E-state index in [1.165, 1.54) is 24.2 Å². The summed E-state index contributed by atoms with van der Waals surface area (Å²) >= 11 is 1.49. The Kier molecular flexibility index (Phi) is 4.80. The van der Waals surface area contributed by atoms with Crippen LogP contribution in [-0.4, -0.2) is 40.3 Å². The van der Waals surface area contributed by atoms with Crippen LogP contribution in [0.25, 0.3) is 0 Å². The molecule has 5 nitrogen and oxygen atoms in total. The molecule has 2 aliphatic carbocycles. The summed E-state index contributed by atoms with van der Waals surface area (Å²) in [6.45, 7) is 3.07. The van der Waals surface area contributed by atoms with Crippen LogP contribution in [-0.2, 0) is 16.0 Å². The second kappa shape index (κ2) is 7.06. The first-order chi connectivity index (χ1) is 12.1. The van der Waals surface area contributed by atoms with Crippen LogP contribution in [0.4, 0.5) is 5.13 Å². The minimum absolute atomic E-state index is 0.156. The van der Waals surface area contributed by atoms with E-state index < -0.39 is 0 Å². The predicted octanol–water partition coefficient (Wildman–Crippen LogP) is 3.38. The first-order valence-electron chi connectivity index (χ1n) is 9.67. The number of carbonyl (C=O) groups excluding carboxylic acids is 2. The highest BCUT2D eigenvalue weighted by molar-refractivity contribution is 7.14. The number of aromatic nitrogens is 1. The van der Waals surface area contributed by atoms with Gasteiger partial charge in [0.1, 0.15) is 0 Å². The quantitative estimate of drug-likeness (QED) is 0.808. The lowest BCUT2D eigenvalue weighted by atomic mass is 9.86. The van der Waals surface area contributed by atoms with Crippen LogP contribution in [0.15, 0.2) is 5.38 Å². The zero-order chi connectivity index (χ0) is 17.4. The summed E-state index contributed by atoms with van der Waals surface area (Å²) in [7, 11) is 0. The van der Waals surface area contributed by atoms with E-state index in [1.54, 1.807) is 4.90 Å². The van der Waals surface area contributed by atoms with Crippen molar-refractivity contribution in [1.82, 2.24) is 9.88 Å². The van der Waals surface area contributed by atoms with Crippen molar-refractivity contribution in [2.24, 2.45) is 5.92 Å². The minimum Gasteiger partial charge on any atom is -0.336 e. The molecule has 1 saturated heterocycles. The first kappa shape index (κ1) is 17.0. The fraction of sp³-hybridized carbons (Fsp3) is 0.737. The molecule has 0 radical (unpaired) electrons. The Morgan fingerprint density at radius 1 is 1.24 bits per heavy atom. The fourth-order valence-corrected chi connectivity index (χ4v) is 5.04. The number of amides is 2. The largest absolute Gasteiger partial charge is 0.336 e. The average Bonchev–Trinajstić information content (AvgIpc) is 3.15. The maximum atomic E-state index is 13.0. The number of thiazole rings is 1. The van der Waals surface area contributed by atoms with Gasteiger partial charge in [-0.15, -0.1) is 11.3 Å². The molecule has 4 rings (SSSR count). The molecule has 3 aliphatic rings. The fourth-order valence-electron chi connectivity index (χ4n) is 4.18. The molecule has 0 N–H and O–H groups in total. The van der Waals surface area contributed by atoms with Crippen LogP contribution in [0.2, 0.25) is 0 Å². The van der Waals surface area contributed by atoms with Crippen LogP contribution < -0.4 is 4.90 Å². The SMILES string of the molecule is CC1CCC(N(C(=O)Cc2csc(N3CCCC3=O)n2)C2CC2)CC1. The van der Waals surface area contributed by atoms with E-state index in [9.17, 15) is 9.59 Å². The summed E-state index contributed by atoms with van der Waals surface area (Å²) in [6, 6.07) is 0.888. The summed E-state index contributed by atoms with van der Waals surface area (Å²) < 4.78 is 0. The molecule has 25 heavy (non-hydrogen) atoms. The summed E-state index contributed by atoms with van der Waals surface area (Å²) in [4.78, 5) is 33.4. The van der Waals surface area contributed by atoms with Gasteiger partial charge in [-0.2, -0.15) is 0 Å². The molecule has 1 aliphatic heterocycles. The highest BCUT2D eigenvalue weighted by Gasteiger charge is 2.38. The maximum absolute atomic E-state index is 13.0. The lowest BCUT2D eigenvalue weighted by Crippen LogP contribution is -2.44. The van der Waals surface area contributed by atoms with Gasteiger partial charge in [0.25, 0.3) is 0 Å². The van der Waals surface area contributed by atoms with Crippen molar-refractivity contribution < 1.29 is 9.59 Å². The van der Waals surface area contributed by atoms with Gasteiger partial charge >= 0.3 is 0 Å². The molecule has 6 heteroatoms. The molecule has 136 valence electrons. The highest BCUT2D eigenvalue weighted by atomic mass is 32.1. The van der Waals surface area contributed by atoms with E-state index in [-0.39, 0.29) is 11.8 Å². The van der Waals surface area contributed by atoms with Crippen LogP contribution in [0, 0.1) is 5.92 Å². The summed E-state index contributed by atoms with van der Waals surface area (Å²) in [6.07, 6.45) is 8.97. The summed E-state index contributed by atoms with van der Waals surface area (Å²) in [5, 5.41) is 2.71. The second-order valence-electron chi connectivity index (χ2n) is 7.89. The topological polar surface area (TPSA) is 53.5 Å². The first-order valence-corrected chi connectivity index (χ1v) is 10.6. The molecule has 2 amide bonds. The molecule has 2 saturated carbocycles. The van der Waals surface area contributed by atoms with Gasteiger partial charge in [0.2, 0.25) is 11.8 Å². The Balaban J connectivity index is 1.41. The average molecular weight is 362 g/mol. The van der Waals surface area contributed by atoms with Crippen LogP contribution in [0.5, 0.6) is 0 Å². The Hall–Kier alpha value is -1.43. The van der Waals surface area contributed by atoms with Gasteiger partial charge in [0.05, 0.1) is 12.1 Å². The van der Waals surface area contributed by atoms with Crippen LogP contribution >= 0.6 is 11.3 Å². The van der Waals surface area contributed by atoms with E-state index in [0.717, 1.165) is 55.4 Å². The highest BCUT2D eigenvalue weighted by Crippen LogP contribution is 2.36. The van der Waals surface area contributed by atoms with Gasteiger partial charge in [-0.25, -0.2) is 4.98 Å². The van der Waals surface area contributed by atoms with Crippen molar-refractivity contribution >= 4 is 28.3 Å². The number of rotatable bonds is 5. The Morgan fingerprint density at radius 2 is 1.92 bits per heavy atom. The zero-order valence-corrected chi connectivity index (χ0v) is 15.8. The van der Waals surface area contributed by atoms with Crippen molar-refractivity contribution in [2.75, 3.05) is 11.4 Å². The van der Waals surface area contributed by atoms with Crippen molar-refractivity contribution in [3.8, 4) is 0 Å². The van der Waals surface area contributed by atoms with E-state index in [0.29, 0.717) is 24.9 Å². The molecule has 3 fully saturated rings. The monoisotopic (exact) mass is 361 g/mol. The van der Waals surface area contributed by atoms with Crippen molar-refractivity contribution in [2.45, 2.75) is 76.8 Å². The number of hydrogen-bond acceptors (Lipinski definition) is 4. The molecule has 1 aromatic rings. The van der Waals surface area contributed by atoms with Crippen molar-refractivity contribution in [3.63, 3.8) is 0 Å². The Bertz CT molecular complexity index is 647. The van der Waals surface area contributed by atoms with Crippen LogP contribution in [0.3, 0.4) is 0 Å². The maximum Gasteiger partial charge on any atom is 0.229 e. The third-order valence-electron chi connectivity index (χ3n) is 5.78. The molecule has 0 spiro atoms. The predicted molar refractivity (Wildman–Crippen MR) is 98.7 cm³/mol. The number of carbonyl (C=O) groups is 2. The standard InChI is InChI=1S/C19H27N3O2S/c1-13-4-6-15(7-5-13)22(16-8-9-16)18(24)11-14-12-25-19(20-14)21-10-2-3-17(21)23/h12-13,15-16H,2-11H2,1H3. The Morgan fingerprint density at radius 3 is 2.52 bits per heavy atom. The van der Waals surface area contributed by atoms with Gasteiger partial charge < -0.3 is 4.90 Å². The van der Waals surface area contributed by atoms with Gasteiger partial charge in [0.15, 0.2) is 5.13 Å². The van der Waals surface area contributed by atoms with Gasteiger partial charge in [-0.3, -0.25) is 14.5 Å². The third-order valence-corrected chi connectivity index (χ3v) is 6.70. The van der Waals surface area contributed by atoms with E-state index in [4.69, 9.17) is 0 Å².